The van der Waals surface area contributed by atoms with E-state index in [9.17, 15) is 10.1 Å². The maximum atomic E-state index is 10.9. The second-order valence-electron chi connectivity index (χ2n) is 6.47. The van der Waals surface area contributed by atoms with E-state index in [4.69, 9.17) is 9.26 Å². The van der Waals surface area contributed by atoms with E-state index in [1.807, 2.05) is 42.5 Å². The molecule has 0 saturated heterocycles. The number of aromatic nitrogens is 2. The van der Waals surface area contributed by atoms with Crippen LogP contribution in [0.4, 0.5) is 5.69 Å². The van der Waals surface area contributed by atoms with Gasteiger partial charge in [0.1, 0.15) is 12.4 Å². The smallest absolute Gasteiger partial charge is 0.270 e. The Bertz CT molecular complexity index is 1150. The summed E-state index contributed by atoms with van der Waals surface area (Å²) in [6.07, 6.45) is 0. The standard InChI is InChI=1S/C22H17N3O4/c1-15-5-2-3-6-18(15)14-28-20-11-9-16(10-12-20)21-23-22(29-24-21)17-7-4-8-19(13-17)25(26)27/h2-13H,14H2,1H3. The average molecular weight is 387 g/mol. The lowest BCUT2D eigenvalue weighted by Crippen LogP contribution is -1.97. The van der Waals surface area contributed by atoms with Gasteiger partial charge in [-0.15, -0.1) is 0 Å². The first-order valence-corrected chi connectivity index (χ1v) is 8.96. The third-order valence-electron chi connectivity index (χ3n) is 4.50. The van der Waals surface area contributed by atoms with E-state index in [0.717, 1.165) is 16.9 Å². The van der Waals surface area contributed by atoms with Gasteiger partial charge in [0.05, 0.1) is 4.92 Å². The van der Waals surface area contributed by atoms with Crippen molar-refractivity contribution in [1.82, 2.24) is 10.1 Å². The van der Waals surface area contributed by atoms with Crippen molar-refractivity contribution in [3.05, 3.63) is 94.0 Å². The van der Waals surface area contributed by atoms with Crippen LogP contribution in [0, 0.1) is 17.0 Å². The quantitative estimate of drug-likeness (QED) is 0.334. The largest absolute Gasteiger partial charge is 0.489 e. The van der Waals surface area contributed by atoms with Crippen LogP contribution in [0.5, 0.6) is 5.75 Å². The number of non-ortho nitro benzene ring substituents is 1. The summed E-state index contributed by atoms with van der Waals surface area (Å²) in [6.45, 7) is 2.54. The van der Waals surface area contributed by atoms with Crippen molar-refractivity contribution in [2.24, 2.45) is 0 Å². The van der Waals surface area contributed by atoms with E-state index in [-0.39, 0.29) is 11.6 Å². The van der Waals surface area contributed by atoms with Gasteiger partial charge < -0.3 is 9.26 Å². The number of aryl methyl sites for hydroxylation is 1. The summed E-state index contributed by atoms with van der Waals surface area (Å²) < 4.78 is 11.1. The molecule has 7 heteroatoms. The Morgan fingerprint density at radius 3 is 2.55 bits per heavy atom. The number of hydrogen-bond donors (Lipinski definition) is 0. The summed E-state index contributed by atoms with van der Waals surface area (Å²) in [5.41, 5.74) is 3.54. The molecule has 1 aromatic heterocycles. The lowest BCUT2D eigenvalue weighted by atomic mass is 10.1. The third kappa shape index (κ3) is 4.14. The van der Waals surface area contributed by atoms with Crippen LogP contribution in [0.15, 0.2) is 77.3 Å². The molecule has 0 aliphatic rings. The highest BCUT2D eigenvalue weighted by molar-refractivity contribution is 5.62. The lowest BCUT2D eigenvalue weighted by molar-refractivity contribution is -0.384. The first-order valence-electron chi connectivity index (χ1n) is 8.96. The van der Waals surface area contributed by atoms with Crippen molar-refractivity contribution in [3.8, 4) is 28.6 Å². The monoisotopic (exact) mass is 387 g/mol. The van der Waals surface area contributed by atoms with Crippen LogP contribution in [-0.4, -0.2) is 15.1 Å². The zero-order chi connectivity index (χ0) is 20.2. The highest BCUT2D eigenvalue weighted by Crippen LogP contribution is 2.26. The molecule has 7 nitrogen and oxygen atoms in total. The minimum Gasteiger partial charge on any atom is -0.489 e. The van der Waals surface area contributed by atoms with Crippen molar-refractivity contribution in [2.75, 3.05) is 0 Å². The van der Waals surface area contributed by atoms with Gasteiger partial charge in [-0.2, -0.15) is 4.98 Å². The molecule has 0 aliphatic heterocycles. The predicted molar refractivity (Wildman–Crippen MR) is 107 cm³/mol. The summed E-state index contributed by atoms with van der Waals surface area (Å²) in [5.74, 6) is 1.36. The van der Waals surface area contributed by atoms with E-state index in [2.05, 4.69) is 23.1 Å². The zero-order valence-electron chi connectivity index (χ0n) is 15.6. The van der Waals surface area contributed by atoms with E-state index in [1.54, 1.807) is 12.1 Å². The molecule has 29 heavy (non-hydrogen) atoms. The average Bonchev–Trinajstić information content (AvgIpc) is 3.24. The third-order valence-corrected chi connectivity index (χ3v) is 4.50. The molecule has 0 bridgehead atoms. The highest BCUT2D eigenvalue weighted by atomic mass is 16.6. The number of rotatable bonds is 6. The first-order chi connectivity index (χ1) is 14.1. The molecule has 0 fully saturated rings. The Morgan fingerprint density at radius 1 is 1.00 bits per heavy atom. The molecule has 0 saturated carbocycles. The molecule has 1 heterocycles. The predicted octanol–water partition coefficient (Wildman–Crippen LogP) is 5.20. The van der Waals surface area contributed by atoms with Gasteiger partial charge in [0.2, 0.25) is 5.82 Å². The van der Waals surface area contributed by atoms with Gasteiger partial charge in [0.25, 0.3) is 11.6 Å². The van der Waals surface area contributed by atoms with Gasteiger partial charge >= 0.3 is 0 Å². The molecular weight excluding hydrogens is 370 g/mol. The molecule has 3 aromatic carbocycles. The van der Waals surface area contributed by atoms with Crippen LogP contribution in [0.2, 0.25) is 0 Å². The van der Waals surface area contributed by atoms with Crippen LogP contribution < -0.4 is 4.74 Å². The van der Waals surface area contributed by atoms with Crippen LogP contribution in [0.3, 0.4) is 0 Å². The first kappa shape index (κ1) is 18.4. The van der Waals surface area contributed by atoms with Crippen molar-refractivity contribution in [1.29, 1.82) is 0 Å². The van der Waals surface area contributed by atoms with E-state index < -0.39 is 4.92 Å². The van der Waals surface area contributed by atoms with Crippen LogP contribution in [0.1, 0.15) is 11.1 Å². The molecule has 0 aliphatic carbocycles. The minimum absolute atomic E-state index is 0.0302. The summed E-state index contributed by atoms with van der Waals surface area (Å²) >= 11 is 0. The van der Waals surface area contributed by atoms with Crippen molar-refractivity contribution < 1.29 is 14.2 Å². The second kappa shape index (κ2) is 7.93. The lowest BCUT2D eigenvalue weighted by Gasteiger charge is -2.08. The Kier molecular flexibility index (Phi) is 5.03. The molecular formula is C22H17N3O4. The van der Waals surface area contributed by atoms with Crippen molar-refractivity contribution in [3.63, 3.8) is 0 Å². The van der Waals surface area contributed by atoms with Gasteiger partial charge in [-0.3, -0.25) is 10.1 Å². The van der Waals surface area contributed by atoms with Gasteiger partial charge in [-0.25, -0.2) is 0 Å². The molecule has 0 N–H and O–H groups in total. The Hall–Kier alpha value is -4.00. The van der Waals surface area contributed by atoms with Gasteiger partial charge in [-0.1, -0.05) is 35.5 Å². The zero-order valence-corrected chi connectivity index (χ0v) is 15.6. The van der Waals surface area contributed by atoms with Gasteiger partial charge in [0.15, 0.2) is 0 Å². The van der Waals surface area contributed by atoms with Gasteiger partial charge in [0, 0.05) is 23.3 Å². The number of ether oxygens (including phenoxy) is 1. The SMILES string of the molecule is Cc1ccccc1COc1ccc(-c2noc(-c3cccc([N+](=O)[O-])c3)n2)cc1. The maximum absolute atomic E-state index is 10.9. The maximum Gasteiger partial charge on any atom is 0.270 e. The summed E-state index contributed by atoms with van der Waals surface area (Å²) in [6, 6.07) is 21.5. The number of nitrogens with zero attached hydrogens (tertiary/aromatic N) is 3. The summed E-state index contributed by atoms with van der Waals surface area (Å²) in [5, 5.41) is 14.9. The number of nitro groups is 1. The van der Waals surface area contributed by atoms with Crippen LogP contribution in [-0.2, 0) is 6.61 Å². The molecule has 0 atom stereocenters. The molecule has 0 amide bonds. The van der Waals surface area contributed by atoms with Crippen LogP contribution >= 0.6 is 0 Å². The Labute approximate surface area is 166 Å². The molecule has 4 aromatic rings. The highest BCUT2D eigenvalue weighted by Gasteiger charge is 2.14. The van der Waals surface area contributed by atoms with Gasteiger partial charge in [-0.05, 0) is 48.4 Å². The normalized spacial score (nSPS) is 10.7. The number of hydrogen-bond acceptors (Lipinski definition) is 6. The van der Waals surface area contributed by atoms with Crippen molar-refractivity contribution >= 4 is 5.69 Å². The summed E-state index contributed by atoms with van der Waals surface area (Å²) in [4.78, 5) is 14.8. The summed E-state index contributed by atoms with van der Waals surface area (Å²) in [7, 11) is 0. The molecule has 0 radical (unpaired) electrons. The Morgan fingerprint density at radius 2 is 1.79 bits per heavy atom. The number of nitro benzene ring substituents is 1. The molecule has 144 valence electrons. The second-order valence-corrected chi connectivity index (χ2v) is 6.47. The van der Waals surface area contributed by atoms with E-state index >= 15 is 0 Å². The minimum atomic E-state index is -0.462. The van der Waals surface area contributed by atoms with E-state index in [0.29, 0.717) is 18.0 Å². The fraction of sp³-hybridized carbons (Fsp3) is 0.0909. The topological polar surface area (TPSA) is 91.3 Å². The molecule has 0 unspecified atom stereocenters. The number of benzene rings is 3. The Balaban J connectivity index is 1.48. The molecule has 0 spiro atoms. The molecule has 4 rings (SSSR count). The van der Waals surface area contributed by atoms with Crippen LogP contribution in [0.25, 0.3) is 22.8 Å². The van der Waals surface area contributed by atoms with E-state index in [1.165, 1.54) is 17.7 Å². The fourth-order valence-electron chi connectivity index (χ4n) is 2.84. The van der Waals surface area contributed by atoms with Crippen molar-refractivity contribution in [2.45, 2.75) is 13.5 Å². The fourth-order valence-corrected chi connectivity index (χ4v) is 2.84.